The van der Waals surface area contributed by atoms with Gasteiger partial charge in [-0.1, -0.05) is 38.1 Å². The lowest BCUT2D eigenvalue weighted by atomic mass is 9.87. The molecule has 0 saturated carbocycles. The summed E-state index contributed by atoms with van der Waals surface area (Å²) in [5.41, 5.74) is 3.31. The summed E-state index contributed by atoms with van der Waals surface area (Å²) in [7, 11) is 0. The van der Waals surface area contributed by atoms with E-state index in [1.807, 2.05) is 24.3 Å². The molecule has 0 spiro atoms. The standard InChI is InChI=1S/C20H26N2O3/c1-13(24-15-11-9-14(10-12-15)20(2,3)4)18(23)21-19-16-7-5-6-8-17(16)22-25-19/h9-13H,5-8H2,1-4H3,(H,21,23). The fraction of sp³-hybridized carbons (Fsp3) is 0.500. The minimum atomic E-state index is -0.621. The number of carbonyl (C=O) groups excluding carboxylic acids is 1. The highest BCUT2D eigenvalue weighted by Gasteiger charge is 2.23. The Labute approximate surface area is 148 Å². The molecule has 134 valence electrons. The van der Waals surface area contributed by atoms with Crippen molar-refractivity contribution in [1.82, 2.24) is 5.16 Å². The number of aryl methyl sites for hydroxylation is 1. The van der Waals surface area contributed by atoms with E-state index in [9.17, 15) is 4.79 Å². The molecule has 0 bridgehead atoms. The molecular weight excluding hydrogens is 316 g/mol. The second kappa shape index (κ2) is 6.90. The normalized spacial score (nSPS) is 15.4. The highest BCUT2D eigenvalue weighted by atomic mass is 16.5. The van der Waals surface area contributed by atoms with Crippen molar-refractivity contribution in [3.8, 4) is 5.75 Å². The predicted octanol–water partition coefficient (Wildman–Crippen LogP) is 4.26. The molecule has 0 aliphatic heterocycles. The molecule has 2 aromatic rings. The zero-order valence-electron chi connectivity index (χ0n) is 15.4. The fourth-order valence-electron chi connectivity index (χ4n) is 2.99. The molecular formula is C20H26N2O3. The van der Waals surface area contributed by atoms with Gasteiger partial charge < -0.3 is 9.26 Å². The summed E-state index contributed by atoms with van der Waals surface area (Å²) in [5.74, 6) is 0.915. The largest absolute Gasteiger partial charge is 0.481 e. The molecule has 1 aromatic heterocycles. The van der Waals surface area contributed by atoms with Gasteiger partial charge in [0.1, 0.15) is 5.75 Å². The van der Waals surface area contributed by atoms with Gasteiger partial charge in [-0.05, 0) is 55.7 Å². The van der Waals surface area contributed by atoms with Gasteiger partial charge in [0, 0.05) is 5.56 Å². The average Bonchev–Trinajstić information content (AvgIpc) is 2.97. The summed E-state index contributed by atoms with van der Waals surface area (Å²) in [6.45, 7) is 8.22. The SMILES string of the molecule is CC(Oc1ccc(C(C)(C)C)cc1)C(=O)Nc1onc2c1CCCC2. The second-order valence-electron chi connectivity index (χ2n) is 7.67. The minimum Gasteiger partial charge on any atom is -0.481 e. The third-order valence-electron chi connectivity index (χ3n) is 4.60. The molecule has 25 heavy (non-hydrogen) atoms. The van der Waals surface area contributed by atoms with Gasteiger partial charge in [-0.2, -0.15) is 0 Å². The van der Waals surface area contributed by atoms with Gasteiger partial charge in [-0.3, -0.25) is 10.1 Å². The lowest BCUT2D eigenvalue weighted by molar-refractivity contribution is -0.122. The number of nitrogens with zero attached hydrogens (tertiary/aromatic N) is 1. The molecule has 1 N–H and O–H groups in total. The average molecular weight is 342 g/mol. The van der Waals surface area contributed by atoms with Crippen LogP contribution in [0.4, 0.5) is 5.88 Å². The molecule has 1 aliphatic carbocycles. The van der Waals surface area contributed by atoms with Crippen molar-refractivity contribution in [3.05, 3.63) is 41.1 Å². The number of ether oxygens (including phenoxy) is 1. The molecule has 1 aliphatic rings. The van der Waals surface area contributed by atoms with E-state index in [0.29, 0.717) is 11.6 Å². The Morgan fingerprint density at radius 2 is 1.88 bits per heavy atom. The number of hydrogen-bond donors (Lipinski definition) is 1. The molecule has 0 fully saturated rings. The quantitative estimate of drug-likeness (QED) is 0.902. The van der Waals surface area contributed by atoms with Crippen molar-refractivity contribution < 1.29 is 14.1 Å². The van der Waals surface area contributed by atoms with E-state index in [-0.39, 0.29) is 11.3 Å². The van der Waals surface area contributed by atoms with Crippen LogP contribution in [0.3, 0.4) is 0 Å². The smallest absolute Gasteiger partial charge is 0.267 e. The Kier molecular flexibility index (Phi) is 4.84. The van der Waals surface area contributed by atoms with E-state index < -0.39 is 6.10 Å². The van der Waals surface area contributed by atoms with Crippen molar-refractivity contribution in [2.75, 3.05) is 5.32 Å². The zero-order valence-corrected chi connectivity index (χ0v) is 15.4. The highest BCUT2D eigenvalue weighted by molar-refractivity contribution is 5.93. The fourth-order valence-corrected chi connectivity index (χ4v) is 2.99. The van der Waals surface area contributed by atoms with Crippen molar-refractivity contribution in [3.63, 3.8) is 0 Å². The van der Waals surface area contributed by atoms with Gasteiger partial charge in [0.25, 0.3) is 5.91 Å². The molecule has 5 heteroatoms. The predicted molar refractivity (Wildman–Crippen MR) is 97.0 cm³/mol. The van der Waals surface area contributed by atoms with E-state index in [1.165, 1.54) is 5.56 Å². The van der Waals surface area contributed by atoms with Crippen LogP contribution in [-0.4, -0.2) is 17.2 Å². The Morgan fingerprint density at radius 3 is 2.56 bits per heavy atom. The number of hydrogen-bond acceptors (Lipinski definition) is 4. The molecule has 1 aromatic carbocycles. The van der Waals surface area contributed by atoms with Crippen LogP contribution in [0.2, 0.25) is 0 Å². The lowest BCUT2D eigenvalue weighted by Crippen LogP contribution is -2.30. The number of carbonyl (C=O) groups is 1. The van der Waals surface area contributed by atoms with Crippen LogP contribution in [0.15, 0.2) is 28.8 Å². The van der Waals surface area contributed by atoms with Crippen LogP contribution in [0.1, 0.15) is 57.4 Å². The third kappa shape index (κ3) is 4.03. The second-order valence-corrected chi connectivity index (χ2v) is 7.67. The van der Waals surface area contributed by atoms with E-state index in [4.69, 9.17) is 9.26 Å². The summed E-state index contributed by atoms with van der Waals surface area (Å²) in [6.07, 6.45) is 3.42. The van der Waals surface area contributed by atoms with Gasteiger partial charge in [0.2, 0.25) is 5.88 Å². The number of nitrogens with one attached hydrogen (secondary N) is 1. The Balaban J connectivity index is 1.62. The van der Waals surface area contributed by atoms with Gasteiger partial charge in [-0.15, -0.1) is 0 Å². The molecule has 0 saturated heterocycles. The van der Waals surface area contributed by atoms with E-state index in [0.717, 1.165) is 36.9 Å². The molecule has 1 atom stereocenters. The Morgan fingerprint density at radius 1 is 1.20 bits per heavy atom. The summed E-state index contributed by atoms with van der Waals surface area (Å²) in [5, 5.41) is 6.87. The molecule has 1 amide bonds. The first-order valence-electron chi connectivity index (χ1n) is 8.90. The number of amides is 1. The summed E-state index contributed by atoms with van der Waals surface area (Å²) in [4.78, 5) is 12.4. The van der Waals surface area contributed by atoms with Gasteiger partial charge in [-0.25, -0.2) is 0 Å². The van der Waals surface area contributed by atoms with Crippen LogP contribution >= 0.6 is 0 Å². The van der Waals surface area contributed by atoms with E-state index in [2.05, 4.69) is 31.2 Å². The van der Waals surface area contributed by atoms with Crippen molar-refractivity contribution >= 4 is 11.8 Å². The number of benzene rings is 1. The molecule has 1 unspecified atom stereocenters. The maximum Gasteiger partial charge on any atom is 0.267 e. The molecule has 0 radical (unpaired) electrons. The van der Waals surface area contributed by atoms with Crippen LogP contribution in [0, 0.1) is 0 Å². The zero-order chi connectivity index (χ0) is 18.0. The van der Waals surface area contributed by atoms with Crippen molar-refractivity contribution in [2.24, 2.45) is 0 Å². The first-order chi connectivity index (χ1) is 11.8. The monoisotopic (exact) mass is 342 g/mol. The topological polar surface area (TPSA) is 64.4 Å². The maximum absolute atomic E-state index is 12.4. The summed E-state index contributed by atoms with van der Waals surface area (Å²) in [6, 6.07) is 7.88. The van der Waals surface area contributed by atoms with E-state index >= 15 is 0 Å². The van der Waals surface area contributed by atoms with Gasteiger partial charge >= 0.3 is 0 Å². The molecule has 5 nitrogen and oxygen atoms in total. The number of rotatable bonds is 4. The number of fused-ring (bicyclic) bond motifs is 1. The van der Waals surface area contributed by atoms with Crippen molar-refractivity contribution in [2.45, 2.75) is 64.9 Å². The van der Waals surface area contributed by atoms with Crippen LogP contribution in [0.5, 0.6) is 5.75 Å². The Bertz CT molecular complexity index is 741. The van der Waals surface area contributed by atoms with Crippen LogP contribution in [-0.2, 0) is 23.1 Å². The number of aromatic nitrogens is 1. The summed E-state index contributed by atoms with van der Waals surface area (Å²) < 4.78 is 11.1. The van der Waals surface area contributed by atoms with Crippen LogP contribution in [0.25, 0.3) is 0 Å². The molecule has 3 rings (SSSR count). The number of anilines is 1. The van der Waals surface area contributed by atoms with E-state index in [1.54, 1.807) is 6.92 Å². The van der Waals surface area contributed by atoms with Crippen LogP contribution < -0.4 is 10.1 Å². The first kappa shape index (κ1) is 17.5. The van der Waals surface area contributed by atoms with Crippen molar-refractivity contribution in [1.29, 1.82) is 0 Å². The highest BCUT2D eigenvalue weighted by Crippen LogP contribution is 2.28. The minimum absolute atomic E-state index is 0.0902. The maximum atomic E-state index is 12.4. The third-order valence-corrected chi connectivity index (χ3v) is 4.60. The van der Waals surface area contributed by atoms with Gasteiger partial charge in [0.05, 0.1) is 5.69 Å². The first-order valence-corrected chi connectivity index (χ1v) is 8.90. The van der Waals surface area contributed by atoms with Gasteiger partial charge in [0.15, 0.2) is 6.10 Å². The lowest BCUT2D eigenvalue weighted by Gasteiger charge is -2.20. The molecule has 1 heterocycles. The Hall–Kier alpha value is -2.30. The summed E-state index contributed by atoms with van der Waals surface area (Å²) >= 11 is 0.